The molecule has 17 heavy (non-hydrogen) atoms. The molecule has 1 saturated heterocycles. The van der Waals surface area contributed by atoms with Crippen LogP contribution in [0.4, 0.5) is 0 Å². The number of nitrogens with one attached hydrogen (secondary N) is 1. The van der Waals surface area contributed by atoms with E-state index in [1.54, 1.807) is 17.4 Å². The lowest BCUT2D eigenvalue weighted by molar-refractivity contribution is -0.419. The van der Waals surface area contributed by atoms with Crippen LogP contribution in [0, 0.1) is 21.4 Å². The zero-order valence-corrected chi connectivity index (χ0v) is 9.74. The number of nitro groups is 1. The van der Waals surface area contributed by atoms with E-state index in [1.165, 1.54) is 0 Å². The molecule has 0 spiro atoms. The molecule has 1 aliphatic rings. The summed E-state index contributed by atoms with van der Waals surface area (Å²) in [4.78, 5) is 13.0. The van der Waals surface area contributed by atoms with Crippen molar-refractivity contribution in [2.24, 2.45) is 0 Å². The summed E-state index contributed by atoms with van der Waals surface area (Å²) in [5, 5.41) is 24.4. The lowest BCUT2D eigenvalue weighted by Crippen LogP contribution is -2.22. The summed E-state index contributed by atoms with van der Waals surface area (Å²) in [6.07, 6.45) is 0. The van der Waals surface area contributed by atoms with Crippen LogP contribution in [0.3, 0.4) is 0 Å². The Kier molecular flexibility index (Phi) is 3.25. The van der Waals surface area contributed by atoms with E-state index in [4.69, 9.17) is 5.26 Å². The van der Waals surface area contributed by atoms with E-state index in [2.05, 4.69) is 5.32 Å². The standard InChI is InChI=1S/C10H10N4O2S/c11-6-9(14(15)16)10-12-3-4-13(10)7-8-2-1-5-17-8/h1-2,5,12H,3-4,7H2/b10-9+. The Morgan fingerprint density at radius 3 is 3.18 bits per heavy atom. The van der Waals surface area contributed by atoms with Crippen LogP contribution in [-0.4, -0.2) is 22.9 Å². The van der Waals surface area contributed by atoms with Gasteiger partial charge in [-0.2, -0.15) is 5.26 Å². The molecule has 1 fully saturated rings. The second kappa shape index (κ2) is 4.84. The van der Waals surface area contributed by atoms with Crippen molar-refractivity contribution in [2.45, 2.75) is 6.54 Å². The molecule has 7 heteroatoms. The average molecular weight is 250 g/mol. The third kappa shape index (κ3) is 2.37. The Hall–Kier alpha value is -2.07. The summed E-state index contributed by atoms with van der Waals surface area (Å²) >= 11 is 1.59. The summed E-state index contributed by atoms with van der Waals surface area (Å²) in [7, 11) is 0. The summed E-state index contributed by atoms with van der Waals surface area (Å²) in [6, 6.07) is 5.54. The van der Waals surface area contributed by atoms with Crippen molar-refractivity contribution >= 4 is 11.3 Å². The minimum atomic E-state index is -0.644. The molecule has 2 rings (SSSR count). The first-order valence-electron chi connectivity index (χ1n) is 5.02. The van der Waals surface area contributed by atoms with E-state index in [1.807, 2.05) is 22.4 Å². The van der Waals surface area contributed by atoms with Crippen molar-refractivity contribution in [3.63, 3.8) is 0 Å². The molecule has 0 atom stereocenters. The highest BCUT2D eigenvalue weighted by molar-refractivity contribution is 7.09. The van der Waals surface area contributed by atoms with Gasteiger partial charge in [-0.25, -0.2) is 0 Å². The highest BCUT2D eigenvalue weighted by Crippen LogP contribution is 2.19. The zero-order valence-electron chi connectivity index (χ0n) is 8.92. The van der Waals surface area contributed by atoms with Gasteiger partial charge in [-0.1, -0.05) is 6.07 Å². The normalized spacial score (nSPS) is 17.5. The van der Waals surface area contributed by atoms with Crippen molar-refractivity contribution in [1.29, 1.82) is 5.26 Å². The van der Waals surface area contributed by atoms with Crippen LogP contribution in [-0.2, 0) is 6.54 Å². The maximum Gasteiger partial charge on any atom is 0.385 e. The zero-order chi connectivity index (χ0) is 12.3. The minimum absolute atomic E-state index is 0.325. The van der Waals surface area contributed by atoms with Crippen LogP contribution >= 0.6 is 11.3 Å². The van der Waals surface area contributed by atoms with Gasteiger partial charge < -0.3 is 10.2 Å². The smallest absolute Gasteiger partial charge is 0.364 e. The van der Waals surface area contributed by atoms with Crippen molar-refractivity contribution in [2.75, 3.05) is 13.1 Å². The van der Waals surface area contributed by atoms with E-state index in [-0.39, 0.29) is 0 Å². The molecule has 0 aliphatic carbocycles. The number of rotatable bonds is 3. The van der Waals surface area contributed by atoms with Gasteiger partial charge in [0.05, 0.1) is 11.5 Å². The van der Waals surface area contributed by atoms with Gasteiger partial charge in [0.25, 0.3) is 0 Å². The molecule has 1 N–H and O–H groups in total. The van der Waals surface area contributed by atoms with E-state index >= 15 is 0 Å². The van der Waals surface area contributed by atoms with Gasteiger partial charge in [-0.3, -0.25) is 10.1 Å². The third-order valence-electron chi connectivity index (χ3n) is 2.43. The quantitative estimate of drug-likeness (QED) is 0.494. The Morgan fingerprint density at radius 1 is 1.76 bits per heavy atom. The monoisotopic (exact) mass is 250 g/mol. The number of thiophene rings is 1. The predicted octanol–water partition coefficient (Wildman–Crippen LogP) is 1.12. The summed E-state index contributed by atoms with van der Waals surface area (Å²) in [6.45, 7) is 1.89. The topological polar surface area (TPSA) is 82.2 Å². The predicted molar refractivity (Wildman–Crippen MR) is 62.4 cm³/mol. The molecule has 1 aromatic rings. The van der Waals surface area contributed by atoms with Crippen LogP contribution in [0.5, 0.6) is 0 Å². The Bertz CT molecular complexity index is 489. The Labute approximate surface area is 102 Å². The highest BCUT2D eigenvalue weighted by atomic mass is 32.1. The molecule has 0 bridgehead atoms. The summed E-state index contributed by atoms with van der Waals surface area (Å²) in [5.41, 5.74) is -0.418. The SMILES string of the molecule is N#C/C(=C1/NCCN1Cc1cccs1)[N+](=O)[O-]. The first-order chi connectivity index (χ1) is 8.22. The van der Waals surface area contributed by atoms with Crippen LogP contribution in [0.25, 0.3) is 0 Å². The highest BCUT2D eigenvalue weighted by Gasteiger charge is 2.27. The summed E-state index contributed by atoms with van der Waals surface area (Å²) in [5.74, 6) is 0.325. The fourth-order valence-corrected chi connectivity index (χ4v) is 2.41. The molecule has 0 radical (unpaired) electrons. The summed E-state index contributed by atoms with van der Waals surface area (Å²) < 4.78 is 0. The third-order valence-corrected chi connectivity index (χ3v) is 3.29. The molecule has 88 valence electrons. The maximum atomic E-state index is 10.7. The largest absolute Gasteiger partial charge is 0.385 e. The number of allylic oxidation sites excluding steroid dienone is 1. The Balaban J connectivity index is 2.23. The van der Waals surface area contributed by atoms with Crippen LogP contribution in [0.2, 0.25) is 0 Å². The van der Waals surface area contributed by atoms with Crippen LogP contribution in [0.1, 0.15) is 4.88 Å². The molecule has 0 saturated carbocycles. The van der Waals surface area contributed by atoms with E-state index in [9.17, 15) is 10.1 Å². The average Bonchev–Trinajstić information content (AvgIpc) is 2.92. The van der Waals surface area contributed by atoms with E-state index in [0.29, 0.717) is 25.5 Å². The maximum absolute atomic E-state index is 10.7. The molecule has 1 aromatic heterocycles. The van der Waals surface area contributed by atoms with Crippen LogP contribution < -0.4 is 5.32 Å². The molecular formula is C10H10N4O2S. The van der Waals surface area contributed by atoms with Gasteiger partial charge in [0.15, 0.2) is 11.9 Å². The van der Waals surface area contributed by atoms with Crippen molar-refractivity contribution in [3.05, 3.63) is 44.0 Å². The van der Waals surface area contributed by atoms with Gasteiger partial charge in [0.1, 0.15) is 0 Å². The van der Waals surface area contributed by atoms with Gasteiger partial charge in [-0.15, -0.1) is 11.3 Å². The minimum Gasteiger partial charge on any atom is -0.364 e. The van der Waals surface area contributed by atoms with Crippen LogP contribution in [0.15, 0.2) is 29.0 Å². The lowest BCUT2D eigenvalue weighted by Gasteiger charge is -2.16. The lowest BCUT2D eigenvalue weighted by atomic mass is 10.4. The Morgan fingerprint density at radius 2 is 2.59 bits per heavy atom. The fraction of sp³-hybridized carbons (Fsp3) is 0.300. The first kappa shape index (κ1) is 11.4. The second-order valence-electron chi connectivity index (χ2n) is 3.49. The van der Waals surface area contributed by atoms with Crippen molar-refractivity contribution in [1.82, 2.24) is 10.2 Å². The number of hydrogen-bond donors (Lipinski definition) is 1. The van der Waals surface area contributed by atoms with Gasteiger partial charge in [0.2, 0.25) is 0 Å². The second-order valence-corrected chi connectivity index (χ2v) is 4.53. The van der Waals surface area contributed by atoms with Gasteiger partial charge >= 0.3 is 5.70 Å². The van der Waals surface area contributed by atoms with Crippen molar-refractivity contribution < 1.29 is 4.92 Å². The van der Waals surface area contributed by atoms with E-state index in [0.717, 1.165) is 4.88 Å². The molecule has 1 aliphatic heterocycles. The van der Waals surface area contributed by atoms with E-state index < -0.39 is 10.6 Å². The molecule has 0 aromatic carbocycles. The molecular weight excluding hydrogens is 240 g/mol. The van der Waals surface area contributed by atoms with Crippen molar-refractivity contribution in [3.8, 4) is 6.07 Å². The molecule has 0 amide bonds. The molecule has 0 unspecified atom stereocenters. The molecule has 2 heterocycles. The first-order valence-corrected chi connectivity index (χ1v) is 5.90. The number of hydrogen-bond acceptors (Lipinski definition) is 6. The fourth-order valence-electron chi connectivity index (χ4n) is 1.70. The van der Waals surface area contributed by atoms with Gasteiger partial charge in [0, 0.05) is 18.0 Å². The number of nitrogens with zero attached hydrogens (tertiary/aromatic N) is 3. The van der Waals surface area contributed by atoms with Gasteiger partial charge in [-0.05, 0) is 11.4 Å². The number of nitriles is 1. The molecule has 6 nitrogen and oxygen atoms in total.